The predicted octanol–water partition coefficient (Wildman–Crippen LogP) is 15.4. The third-order valence-corrected chi connectivity index (χ3v) is 10.7. The van der Waals surface area contributed by atoms with Crippen LogP contribution < -0.4 is 4.90 Å². The van der Waals surface area contributed by atoms with Crippen LogP contribution in [0.3, 0.4) is 0 Å². The van der Waals surface area contributed by atoms with Crippen LogP contribution in [-0.4, -0.2) is 0 Å². The van der Waals surface area contributed by atoms with Crippen LogP contribution in [0.2, 0.25) is 0 Å². The molecule has 56 heavy (non-hydrogen) atoms. The van der Waals surface area contributed by atoms with Crippen molar-refractivity contribution in [1.82, 2.24) is 0 Å². The van der Waals surface area contributed by atoms with Gasteiger partial charge in [-0.1, -0.05) is 194 Å². The molecule has 0 spiro atoms. The number of rotatable bonds is 8. The molecule has 0 unspecified atom stereocenters. The van der Waals surface area contributed by atoms with Crippen LogP contribution in [0.15, 0.2) is 229 Å². The van der Waals surface area contributed by atoms with E-state index in [-0.39, 0.29) is 0 Å². The second-order valence-electron chi connectivity index (χ2n) is 14.1. The average Bonchev–Trinajstić information content (AvgIpc) is 3.68. The van der Waals surface area contributed by atoms with Crippen LogP contribution in [-0.2, 0) is 0 Å². The van der Waals surface area contributed by atoms with Gasteiger partial charge in [0.1, 0.15) is 5.58 Å². The van der Waals surface area contributed by atoms with Gasteiger partial charge in [-0.2, -0.15) is 0 Å². The number of anilines is 3. The van der Waals surface area contributed by atoms with Crippen LogP contribution in [0.25, 0.3) is 77.6 Å². The van der Waals surface area contributed by atoms with E-state index in [1.807, 2.05) is 0 Å². The Morgan fingerprint density at radius 3 is 1.04 bits per heavy atom. The fourth-order valence-electron chi connectivity index (χ4n) is 8.04. The highest BCUT2D eigenvalue weighted by atomic mass is 16.3. The molecule has 0 aliphatic heterocycles. The van der Waals surface area contributed by atoms with Crippen molar-refractivity contribution in [3.8, 4) is 55.6 Å². The van der Waals surface area contributed by atoms with E-state index in [1.54, 1.807) is 0 Å². The molecule has 10 rings (SSSR count). The minimum atomic E-state index is 0.850. The maximum absolute atomic E-state index is 6.97. The largest absolute Gasteiger partial charge is 0.453 e. The fourth-order valence-corrected chi connectivity index (χ4v) is 8.04. The van der Waals surface area contributed by atoms with E-state index in [2.05, 4.69) is 229 Å². The Balaban J connectivity index is 1.12. The lowest BCUT2D eigenvalue weighted by Gasteiger charge is -2.26. The summed E-state index contributed by atoms with van der Waals surface area (Å²) >= 11 is 0. The molecule has 0 N–H and O–H groups in total. The zero-order valence-corrected chi connectivity index (χ0v) is 30.7. The summed E-state index contributed by atoms with van der Waals surface area (Å²) in [6.07, 6.45) is 0. The summed E-state index contributed by atoms with van der Waals surface area (Å²) in [6, 6.07) is 79.8. The number of nitrogens with zero attached hydrogens (tertiary/aromatic N) is 1. The predicted molar refractivity (Wildman–Crippen MR) is 236 cm³/mol. The first-order chi connectivity index (χ1) is 27.8. The highest BCUT2D eigenvalue weighted by molar-refractivity contribution is 6.13. The first kappa shape index (κ1) is 33.2. The van der Waals surface area contributed by atoms with Crippen molar-refractivity contribution in [1.29, 1.82) is 0 Å². The van der Waals surface area contributed by atoms with Gasteiger partial charge in [0.15, 0.2) is 5.58 Å². The third kappa shape index (κ3) is 6.04. The molecule has 1 heterocycles. The van der Waals surface area contributed by atoms with Crippen molar-refractivity contribution in [2.75, 3.05) is 4.90 Å². The molecule has 264 valence electrons. The SMILES string of the molecule is c1ccc(-c2ccccc2-c2ccc(N(c3ccc(-c4ccccc4-c4ccccc4)cc3)c3cccc4c3oc3c(-c5ccccc5)cccc34)cc2)cc1. The second kappa shape index (κ2) is 14.4. The molecule has 0 bridgehead atoms. The maximum Gasteiger partial charge on any atom is 0.159 e. The molecular weight excluding hydrogens is 679 g/mol. The van der Waals surface area contributed by atoms with Crippen LogP contribution in [0.4, 0.5) is 17.1 Å². The molecule has 9 aromatic carbocycles. The van der Waals surface area contributed by atoms with Gasteiger partial charge < -0.3 is 9.32 Å². The summed E-state index contributed by atoms with van der Waals surface area (Å²) in [5.74, 6) is 0. The summed E-state index contributed by atoms with van der Waals surface area (Å²) in [5.41, 5.74) is 16.6. The Kier molecular flexibility index (Phi) is 8.55. The molecule has 0 atom stereocenters. The standard InChI is InChI=1S/C54H37NO/c1-4-16-38(17-5-1)45-22-10-12-24-47(45)41-30-34-43(35-31-41)55(44-36-32-42(33-37-44)48-25-13-11-23-46(48)39-18-6-2-7-19-39)52-29-15-28-51-50-27-14-26-49(53(50)56-54(51)52)40-20-8-3-9-21-40/h1-37H. The smallest absolute Gasteiger partial charge is 0.159 e. The molecule has 2 heteroatoms. The van der Waals surface area contributed by atoms with Gasteiger partial charge in [0.2, 0.25) is 0 Å². The molecule has 1 aromatic heterocycles. The lowest BCUT2D eigenvalue weighted by molar-refractivity contribution is 0.670. The number of benzene rings is 9. The van der Waals surface area contributed by atoms with Crippen molar-refractivity contribution in [2.24, 2.45) is 0 Å². The summed E-state index contributed by atoms with van der Waals surface area (Å²) in [5, 5.41) is 2.19. The molecule has 10 aromatic rings. The monoisotopic (exact) mass is 715 g/mol. The second-order valence-corrected chi connectivity index (χ2v) is 14.1. The van der Waals surface area contributed by atoms with Crippen molar-refractivity contribution in [3.05, 3.63) is 224 Å². The Morgan fingerprint density at radius 2 is 0.589 bits per heavy atom. The zero-order valence-electron chi connectivity index (χ0n) is 30.7. The third-order valence-electron chi connectivity index (χ3n) is 10.7. The van der Waals surface area contributed by atoms with E-state index < -0.39 is 0 Å². The van der Waals surface area contributed by atoms with Crippen LogP contribution >= 0.6 is 0 Å². The summed E-state index contributed by atoms with van der Waals surface area (Å²) in [4.78, 5) is 2.33. The highest BCUT2D eigenvalue weighted by Gasteiger charge is 2.21. The number of fused-ring (bicyclic) bond motifs is 3. The molecule has 0 radical (unpaired) electrons. The van der Waals surface area contributed by atoms with Crippen molar-refractivity contribution in [2.45, 2.75) is 0 Å². The molecule has 0 aliphatic rings. The molecule has 0 saturated heterocycles. The summed E-state index contributed by atoms with van der Waals surface area (Å²) < 4.78 is 6.97. The van der Waals surface area contributed by atoms with Crippen molar-refractivity contribution < 1.29 is 4.42 Å². The zero-order chi connectivity index (χ0) is 37.3. The Bertz CT molecular complexity index is 2800. The first-order valence-electron chi connectivity index (χ1n) is 19.1. The average molecular weight is 716 g/mol. The van der Waals surface area contributed by atoms with E-state index in [0.29, 0.717) is 0 Å². The Hall–Kier alpha value is -7.42. The molecule has 0 saturated carbocycles. The quantitative estimate of drug-likeness (QED) is 0.156. The molecule has 0 amide bonds. The number of furan rings is 1. The maximum atomic E-state index is 6.97. The Labute approximate surface area is 327 Å². The number of hydrogen-bond donors (Lipinski definition) is 0. The van der Waals surface area contributed by atoms with Crippen LogP contribution in [0, 0.1) is 0 Å². The number of hydrogen-bond acceptors (Lipinski definition) is 2. The topological polar surface area (TPSA) is 16.4 Å². The molecular formula is C54H37NO. The van der Waals surface area contributed by atoms with Gasteiger partial charge in [-0.3, -0.25) is 0 Å². The Morgan fingerprint density at radius 1 is 0.250 bits per heavy atom. The fraction of sp³-hybridized carbons (Fsp3) is 0. The van der Waals surface area contributed by atoms with Crippen LogP contribution in [0.1, 0.15) is 0 Å². The summed E-state index contributed by atoms with van der Waals surface area (Å²) in [6.45, 7) is 0. The van der Waals surface area contributed by atoms with Gasteiger partial charge in [-0.15, -0.1) is 0 Å². The van der Waals surface area contributed by atoms with Crippen molar-refractivity contribution in [3.63, 3.8) is 0 Å². The van der Waals surface area contributed by atoms with Crippen molar-refractivity contribution >= 4 is 39.0 Å². The normalized spacial score (nSPS) is 11.2. The van der Waals surface area contributed by atoms with Gasteiger partial charge in [0.25, 0.3) is 0 Å². The van der Waals surface area contributed by atoms with Gasteiger partial charge >= 0.3 is 0 Å². The lowest BCUT2D eigenvalue weighted by Crippen LogP contribution is -2.10. The first-order valence-corrected chi connectivity index (χ1v) is 19.1. The molecule has 2 nitrogen and oxygen atoms in total. The molecule has 0 fully saturated rings. The highest BCUT2D eigenvalue weighted by Crippen LogP contribution is 2.45. The van der Waals surface area contributed by atoms with E-state index in [0.717, 1.165) is 61.3 Å². The van der Waals surface area contributed by atoms with Gasteiger partial charge in [0, 0.05) is 27.7 Å². The number of para-hydroxylation sites is 2. The lowest BCUT2D eigenvalue weighted by atomic mass is 9.94. The minimum Gasteiger partial charge on any atom is -0.453 e. The van der Waals surface area contributed by atoms with E-state index in [9.17, 15) is 0 Å². The van der Waals surface area contributed by atoms with E-state index in [1.165, 1.54) is 33.4 Å². The van der Waals surface area contributed by atoms with E-state index >= 15 is 0 Å². The van der Waals surface area contributed by atoms with E-state index in [4.69, 9.17) is 4.42 Å². The van der Waals surface area contributed by atoms with Gasteiger partial charge in [-0.05, 0) is 80.4 Å². The minimum absolute atomic E-state index is 0.850. The summed E-state index contributed by atoms with van der Waals surface area (Å²) in [7, 11) is 0. The van der Waals surface area contributed by atoms with Gasteiger partial charge in [-0.25, -0.2) is 0 Å². The van der Waals surface area contributed by atoms with Gasteiger partial charge in [0.05, 0.1) is 5.69 Å². The van der Waals surface area contributed by atoms with Crippen LogP contribution in [0.5, 0.6) is 0 Å². The molecule has 0 aliphatic carbocycles.